The molecule has 1 heterocycles. The number of rotatable bonds is 5. The Balaban J connectivity index is -0.00000000257. The molecule has 0 aromatic heterocycles. The third-order valence-electron chi connectivity index (χ3n) is 6.06. The topological polar surface area (TPSA) is 38.3 Å². The fourth-order valence-corrected chi connectivity index (χ4v) is 4.40. The van der Waals surface area contributed by atoms with Crippen molar-refractivity contribution in [1.29, 1.82) is 0 Å². The van der Waals surface area contributed by atoms with Gasteiger partial charge in [-0.15, -0.1) is 0 Å². The third-order valence-corrected chi connectivity index (χ3v) is 6.06. The van der Waals surface area contributed by atoms with Crippen LogP contribution in [-0.2, 0) is 11.2 Å². The van der Waals surface area contributed by atoms with Crippen LogP contribution in [0.15, 0.2) is 6.07 Å². The van der Waals surface area contributed by atoms with Gasteiger partial charge in [0.15, 0.2) is 0 Å². The van der Waals surface area contributed by atoms with Crippen LogP contribution in [-0.4, -0.2) is 18.0 Å². The number of amides is 1. The van der Waals surface area contributed by atoms with Gasteiger partial charge in [0.05, 0.1) is 1.37 Å². The molecule has 0 radical (unpaired) electrons. The van der Waals surface area contributed by atoms with Crippen LogP contribution >= 0.6 is 0 Å². The average molecular weight is 497 g/mol. The number of carbonyl (C=O) groups is 1. The second-order valence-electron chi connectivity index (χ2n) is 7.82. The van der Waals surface area contributed by atoms with E-state index in [0.29, 0.717) is 6.42 Å². The number of benzene rings is 1. The second-order valence-corrected chi connectivity index (χ2v) is 7.82. The molecule has 0 bridgehead atoms. The first-order valence-electron chi connectivity index (χ1n) is 17.6. The number of aryl methyl sites for hydroxylation is 2. The zero-order chi connectivity index (χ0) is 34.1. The number of fused-ring (bicyclic) bond motifs is 3. The molecule has 3 heteroatoms. The van der Waals surface area contributed by atoms with E-state index in [1.807, 2.05) is 13.8 Å². The zero-order valence-corrected chi connectivity index (χ0v) is 16.5. The summed E-state index contributed by atoms with van der Waals surface area (Å²) in [4.78, 5) is 12.2. The maximum absolute atomic E-state index is 12.2. The summed E-state index contributed by atoms with van der Waals surface area (Å²) in [7, 11) is 0. The number of nitrogens with one attached hydrogen (secondary N) is 1. The molecule has 2 aliphatic rings. The SMILES string of the molecule is [2H]C(C)(NC(=O)CCC)C([2H])(C)[C@@H]1CCc2cc(C)c3c(c21)C(C)C(C)O3.[2H][2H].[2H][2H].[2H][2H].[2H][2H].[2H][2H].[2H][2H].[2H][2H].[HH].[HH].[HH].[HH].[HH].[HH].[HH].[HH].[HH].[HH].[HH].[HH].[HH].[HH].[HH].[HH].[HH].[HH].[HH].[HH].[HH].[HH].[HH].[HH].[HH].[HH].[HH].[HH].[HH].[HH].[HH].[HH].[HH].[HH].[HH].[HH].[HH].[HH].[HH].[HH].[HH].[HH].[HH].[HH].[HH].[HH].[HH].[HH].[HH].[HH].[HH].[HH].[HH].[HH].[HH].[HH].[HH].[HH].[HH].[HH].[HH]. The predicted octanol–water partition coefficient (Wildman–Crippen LogP) is 21.6. The van der Waals surface area contributed by atoms with Gasteiger partial charge in [0.25, 0.3) is 0 Å². The molecular weight excluding hydrogens is 310 g/mol. The quantitative estimate of drug-likeness (QED) is 0.440. The number of carbonyl (C=O) groups excluding carboxylic acids is 1. The maximum atomic E-state index is 12.2. The lowest BCUT2D eigenvalue weighted by Crippen LogP contribution is -2.39. The van der Waals surface area contributed by atoms with E-state index in [1.54, 1.807) is 6.92 Å². The Hall–Kier alpha value is -1.51. The van der Waals surface area contributed by atoms with E-state index in [0.717, 1.165) is 30.6 Å². The summed E-state index contributed by atoms with van der Waals surface area (Å²) in [6.07, 6.45) is 3.01. The van der Waals surface area contributed by atoms with Crippen molar-refractivity contribution in [3.05, 3.63) is 28.3 Å². The van der Waals surface area contributed by atoms with Crippen LogP contribution < -0.4 is 10.1 Å². The molecule has 5 atom stereocenters. The Morgan fingerprint density at radius 1 is 1.52 bits per heavy atom. The fourth-order valence-electron chi connectivity index (χ4n) is 4.40. The van der Waals surface area contributed by atoms with Gasteiger partial charge in [-0.05, 0) is 68.5 Å². The molecule has 0 fully saturated rings. The molecule has 1 N–H and O–H groups in total. The first kappa shape index (κ1) is 9.99. The molecule has 3 nitrogen and oxygen atoms in total. The molecule has 1 aliphatic carbocycles. The fraction of sp³-hybridized carbons (Fsp3) is 0.682. The summed E-state index contributed by atoms with van der Waals surface area (Å²) in [5.74, 6) is -0.139. The van der Waals surface area contributed by atoms with Gasteiger partial charge in [-0.25, -0.2) is 0 Å². The second kappa shape index (κ2) is 7.01. The number of hydrogen-bond acceptors (Lipinski definition) is 2. The van der Waals surface area contributed by atoms with Crippen LogP contribution in [0.4, 0.5) is 0 Å². The Morgan fingerprint density at radius 2 is 2.24 bits per heavy atom. The lowest BCUT2D eigenvalue weighted by molar-refractivity contribution is -0.122. The lowest BCUT2D eigenvalue weighted by Gasteiger charge is -2.29. The average Bonchev–Trinajstić information content (AvgIpc) is 3.57. The molecule has 1 amide bonds. The Bertz CT molecular complexity index is 829. The third kappa shape index (κ3) is 3.18. The zero-order valence-electron chi connectivity index (χ0n) is 32.5. The first-order valence-corrected chi connectivity index (χ1v) is 9.65. The summed E-state index contributed by atoms with van der Waals surface area (Å²) in [5, 5.41) is 2.81. The van der Waals surface area contributed by atoms with Crippen molar-refractivity contribution in [3.8, 4) is 5.75 Å². The highest BCUT2D eigenvalue weighted by molar-refractivity contribution is 5.76. The van der Waals surface area contributed by atoms with Gasteiger partial charge in [-0.3, -0.25) is 4.79 Å². The molecule has 0 saturated heterocycles. The van der Waals surface area contributed by atoms with E-state index >= 15 is 0 Å². The van der Waals surface area contributed by atoms with Crippen LogP contribution in [0, 0.1) is 12.8 Å². The summed E-state index contributed by atoms with van der Waals surface area (Å²) < 4.78 is 94.1. The minimum atomic E-state index is -1.36. The van der Waals surface area contributed by atoms with Crippen LogP contribution in [0.5, 0.6) is 5.75 Å². The summed E-state index contributed by atoms with van der Waals surface area (Å²) in [6.45, 7) is 11.8. The van der Waals surface area contributed by atoms with Crippen LogP contribution in [0.1, 0.15) is 199 Å². The van der Waals surface area contributed by atoms with Gasteiger partial charge in [0.1, 0.15) is 11.9 Å². The lowest BCUT2D eigenvalue weighted by atomic mass is 9.79. The highest BCUT2D eigenvalue weighted by Crippen LogP contribution is 2.51. The standard InChI is InChI=1S/C22H33NO2.68H2/c1-7-8-19(24)23-15(5)13(3)18-10-9-17-11-12(2)22-20(21(17)18)14(4)16(6)25-22;;;;;;;;;;;;;;;;;;;;;;;;;;;;;;;;;;;;;;;;;;;;;;;;;;;;;;;;;;;;;;;;;;;;/h11,13-16,18H,7-10H2,1-6H3,(H,23,24);68*1H/t13?,14?,15?,16?,18-;;;;;;;;;;;;;;;;;;;;;;;;;;;;;;;;;;;;;;;;;;;;;;;;;;;;;;;;;;;;;;;;;;;;/m0..................................................................../s1/i13D,15D;7*1+1D;;;;;;;;;;;;;;;;;;;;;;;;;;;;;;;;;;;;;;;;;;;;;;;;;;;;;;;;;;;;;. The molecule has 0 saturated carbocycles. The largest absolute Gasteiger partial charge is 0.490 e. The van der Waals surface area contributed by atoms with E-state index in [4.69, 9.17) is 26.9 Å². The summed E-state index contributed by atoms with van der Waals surface area (Å²) in [5.41, 5.74) is 4.88. The normalized spacial score (nSPS) is 32.5. The van der Waals surface area contributed by atoms with Gasteiger partial charge in [0, 0.05) is 133 Å². The molecule has 1 aromatic carbocycles. The van der Waals surface area contributed by atoms with Crippen molar-refractivity contribution in [2.75, 3.05) is 0 Å². The molecule has 1 aliphatic heterocycles. The van der Waals surface area contributed by atoms with Crippen molar-refractivity contribution in [3.63, 3.8) is 0 Å². The van der Waals surface area contributed by atoms with Gasteiger partial charge in [-0.2, -0.15) is 0 Å². The van der Waals surface area contributed by atoms with Crippen molar-refractivity contribution >= 4 is 5.91 Å². The van der Waals surface area contributed by atoms with Gasteiger partial charge >= 0.3 is 0 Å². The minimum absolute atomic E-state index is 0. The molecule has 0 spiro atoms. The smallest absolute Gasteiger partial charge is 0.220 e. The monoisotopic (exact) mass is 496 g/mol. The Labute approximate surface area is 267 Å². The molecular formula is C22H169NO2. The highest BCUT2D eigenvalue weighted by Gasteiger charge is 2.39. The minimum Gasteiger partial charge on any atom is -0.490 e. The molecule has 3 rings (SSSR count). The van der Waals surface area contributed by atoms with E-state index in [1.165, 1.54) is 16.7 Å². The molecule has 274 valence electrons. The number of hydrogen-bond donors (Lipinski definition) is 1. The maximum Gasteiger partial charge on any atom is 0.220 e. The number of ether oxygens (including phenoxy) is 1. The van der Waals surface area contributed by atoms with Gasteiger partial charge in [-0.1, -0.05) is 26.8 Å². The van der Waals surface area contributed by atoms with Crippen LogP contribution in [0.3, 0.4) is 0 Å². The van der Waals surface area contributed by atoms with Crippen LogP contribution in [0.2, 0.25) is 0 Å². The predicted molar refractivity (Wildman–Crippen MR) is 246 cm³/mol. The van der Waals surface area contributed by atoms with Gasteiger partial charge in [0.2, 0.25) is 5.91 Å². The van der Waals surface area contributed by atoms with E-state index in [2.05, 4.69) is 32.2 Å². The Kier molecular flexibility index (Phi) is 2.80. The van der Waals surface area contributed by atoms with Crippen molar-refractivity contribution < 1.29 is 120 Å². The summed E-state index contributed by atoms with van der Waals surface area (Å²) in [6, 6.07) is 0.837. The first-order chi connectivity index (χ1) is 19.5. The van der Waals surface area contributed by atoms with Crippen LogP contribution in [0.25, 0.3) is 0 Å². The van der Waals surface area contributed by atoms with Crippen molar-refractivity contribution in [2.45, 2.75) is 91.2 Å². The van der Waals surface area contributed by atoms with E-state index in [9.17, 15) is 6.17 Å². The van der Waals surface area contributed by atoms with Gasteiger partial charge < -0.3 is 10.1 Å². The van der Waals surface area contributed by atoms with E-state index in [-0.39, 0.29) is 111 Å². The highest BCUT2D eigenvalue weighted by atomic mass is 16.5. The molecule has 1 aromatic rings. The van der Waals surface area contributed by atoms with E-state index < -0.39 is 11.9 Å². The molecule has 25 heavy (non-hydrogen) atoms. The Morgan fingerprint density at radius 3 is 2.92 bits per heavy atom. The molecule has 4 unspecified atom stereocenters. The summed E-state index contributed by atoms with van der Waals surface area (Å²) >= 11 is 0. The van der Waals surface area contributed by atoms with Crippen molar-refractivity contribution in [1.82, 2.24) is 5.32 Å². The van der Waals surface area contributed by atoms with Crippen molar-refractivity contribution in [2.24, 2.45) is 5.89 Å².